The van der Waals surface area contributed by atoms with Crippen LogP contribution in [0.25, 0.3) is 0 Å². The van der Waals surface area contributed by atoms with E-state index in [1.165, 1.54) is 6.92 Å². The van der Waals surface area contributed by atoms with Crippen LogP contribution >= 0.6 is 0 Å². The minimum absolute atomic E-state index is 0.0284. The molecule has 0 bridgehead atoms. The maximum Gasteiger partial charge on any atom is 0.410 e. The van der Waals surface area contributed by atoms with E-state index in [0.717, 1.165) is 25.0 Å². The maximum absolute atomic E-state index is 13.3. The molecular weight excluding hydrogens is 632 g/mol. The van der Waals surface area contributed by atoms with E-state index in [1.807, 2.05) is 39.0 Å². The van der Waals surface area contributed by atoms with Gasteiger partial charge in [0, 0.05) is 51.4 Å². The molecule has 0 spiro atoms. The molecule has 2 saturated heterocycles. The van der Waals surface area contributed by atoms with Crippen LogP contribution in [-0.4, -0.2) is 115 Å². The lowest BCUT2D eigenvalue weighted by Gasteiger charge is -2.32. The number of aliphatic hydroxyl groups excluding tert-OH is 1. The van der Waals surface area contributed by atoms with Gasteiger partial charge in [-0.25, -0.2) is 4.79 Å². The Labute approximate surface area is 292 Å². The van der Waals surface area contributed by atoms with E-state index < -0.39 is 42.0 Å². The van der Waals surface area contributed by atoms with Gasteiger partial charge >= 0.3 is 18.0 Å². The molecule has 3 heterocycles. The SMILES string of the molecule is CCC(OC)C(C)C1OC1C(OC(=O)N1CCCNCC1)C(C)/C=C/C=C(\C)C1OC(=O)CC(O)CCC(C)(O)C(OC(C)=O)/C=C/C1C. The molecule has 12 heteroatoms. The molecule has 3 aliphatic rings. The summed E-state index contributed by atoms with van der Waals surface area (Å²) in [7, 11) is 1.70. The van der Waals surface area contributed by atoms with Gasteiger partial charge < -0.3 is 44.1 Å². The quantitative estimate of drug-likeness (QED) is 0.0943. The van der Waals surface area contributed by atoms with E-state index in [0.29, 0.717) is 19.6 Å². The summed E-state index contributed by atoms with van der Waals surface area (Å²) < 4.78 is 29.3. The number of hydrogen-bond donors (Lipinski definition) is 3. The molecule has 278 valence electrons. The van der Waals surface area contributed by atoms with Gasteiger partial charge in [0.05, 0.1) is 24.7 Å². The summed E-state index contributed by atoms with van der Waals surface area (Å²) in [5.41, 5.74) is -0.708. The molecule has 12 nitrogen and oxygen atoms in total. The van der Waals surface area contributed by atoms with E-state index in [2.05, 4.69) is 19.2 Å². The zero-order chi connectivity index (χ0) is 36.3. The van der Waals surface area contributed by atoms with Crippen molar-refractivity contribution >= 4 is 18.0 Å². The highest BCUT2D eigenvalue weighted by atomic mass is 16.6. The predicted molar refractivity (Wildman–Crippen MR) is 185 cm³/mol. The second kappa shape index (κ2) is 19.0. The number of ether oxygens (including phenoxy) is 5. The van der Waals surface area contributed by atoms with Crippen LogP contribution in [0.5, 0.6) is 0 Å². The number of epoxide rings is 1. The highest BCUT2D eigenvalue weighted by molar-refractivity contribution is 5.70. The number of esters is 2. The van der Waals surface area contributed by atoms with E-state index >= 15 is 0 Å². The molecule has 3 rings (SSSR count). The number of methoxy groups -OCH3 is 1. The number of amides is 1. The van der Waals surface area contributed by atoms with Gasteiger partial charge in [-0.3, -0.25) is 9.59 Å². The summed E-state index contributed by atoms with van der Waals surface area (Å²) >= 11 is 0. The largest absolute Gasteiger partial charge is 0.457 e. The lowest BCUT2D eigenvalue weighted by molar-refractivity contribution is -0.157. The van der Waals surface area contributed by atoms with Crippen molar-refractivity contribution in [3.05, 3.63) is 36.0 Å². The Bertz CT molecular complexity index is 1170. The molecule has 3 aliphatic heterocycles. The molecule has 49 heavy (non-hydrogen) atoms. The summed E-state index contributed by atoms with van der Waals surface area (Å²) in [5, 5.41) is 24.9. The summed E-state index contributed by atoms with van der Waals surface area (Å²) in [6, 6.07) is 0. The number of allylic oxidation sites excluding steroid dienone is 2. The Balaban J connectivity index is 1.83. The number of cyclic esters (lactones) is 1. The van der Waals surface area contributed by atoms with Gasteiger partial charge in [-0.2, -0.15) is 0 Å². The first-order chi connectivity index (χ1) is 23.2. The number of carbonyl (C=O) groups excluding carboxylic acids is 3. The number of hydrogen-bond acceptors (Lipinski definition) is 11. The smallest absolute Gasteiger partial charge is 0.410 e. The molecule has 3 N–H and O–H groups in total. The number of nitrogens with one attached hydrogen (secondary N) is 1. The average Bonchev–Trinajstić information content (AvgIpc) is 3.87. The van der Waals surface area contributed by atoms with Gasteiger partial charge in [0.2, 0.25) is 0 Å². The average molecular weight is 693 g/mol. The molecule has 0 saturated carbocycles. The first kappa shape index (κ1) is 40.7. The Morgan fingerprint density at radius 3 is 2.59 bits per heavy atom. The predicted octanol–water partition coefficient (Wildman–Crippen LogP) is 4.09. The fourth-order valence-corrected chi connectivity index (χ4v) is 6.70. The molecular formula is C37H60N2O10. The molecule has 0 radical (unpaired) electrons. The zero-order valence-electron chi connectivity index (χ0n) is 30.6. The van der Waals surface area contributed by atoms with Crippen LogP contribution in [0, 0.1) is 17.8 Å². The first-order valence-corrected chi connectivity index (χ1v) is 17.8. The highest BCUT2D eigenvalue weighted by Gasteiger charge is 2.53. The third-order valence-electron chi connectivity index (χ3n) is 9.89. The van der Waals surface area contributed by atoms with Crippen molar-refractivity contribution in [2.24, 2.45) is 17.8 Å². The number of nitrogens with zero attached hydrogens (tertiary/aromatic N) is 1. The van der Waals surface area contributed by atoms with Crippen LogP contribution in [0.3, 0.4) is 0 Å². The van der Waals surface area contributed by atoms with E-state index in [1.54, 1.807) is 31.1 Å². The van der Waals surface area contributed by atoms with Gasteiger partial charge in [0.15, 0.2) is 0 Å². The fourth-order valence-electron chi connectivity index (χ4n) is 6.70. The Hall–Kier alpha value is -2.77. The second-order valence-corrected chi connectivity index (χ2v) is 14.1. The van der Waals surface area contributed by atoms with Crippen molar-refractivity contribution in [3.63, 3.8) is 0 Å². The molecule has 0 aromatic carbocycles. The van der Waals surface area contributed by atoms with Gasteiger partial charge in [-0.15, -0.1) is 0 Å². The normalized spacial score (nSPS) is 33.6. The Morgan fingerprint density at radius 1 is 1.18 bits per heavy atom. The monoisotopic (exact) mass is 692 g/mol. The minimum atomic E-state index is -1.45. The Morgan fingerprint density at radius 2 is 1.92 bits per heavy atom. The van der Waals surface area contributed by atoms with Crippen molar-refractivity contribution < 1.29 is 48.3 Å². The van der Waals surface area contributed by atoms with Crippen LogP contribution in [0.15, 0.2) is 36.0 Å². The molecule has 0 aromatic heterocycles. The summed E-state index contributed by atoms with van der Waals surface area (Å²) in [6.07, 6.45) is 6.88. The third-order valence-corrected chi connectivity index (χ3v) is 9.89. The van der Waals surface area contributed by atoms with E-state index in [-0.39, 0.29) is 61.4 Å². The van der Waals surface area contributed by atoms with Crippen LogP contribution in [0.1, 0.15) is 80.6 Å². The van der Waals surface area contributed by atoms with Crippen LogP contribution in [0.2, 0.25) is 0 Å². The molecule has 11 unspecified atom stereocenters. The van der Waals surface area contributed by atoms with Gasteiger partial charge in [0.25, 0.3) is 0 Å². The van der Waals surface area contributed by atoms with Gasteiger partial charge in [-0.1, -0.05) is 52.0 Å². The number of aliphatic hydroxyl groups is 2. The topological polar surface area (TPSA) is 156 Å². The fraction of sp³-hybridized carbons (Fsp3) is 0.757. The van der Waals surface area contributed by atoms with Crippen molar-refractivity contribution in [2.75, 3.05) is 33.3 Å². The van der Waals surface area contributed by atoms with E-state index in [9.17, 15) is 24.6 Å². The molecule has 0 aliphatic carbocycles. The van der Waals surface area contributed by atoms with Crippen molar-refractivity contribution in [1.82, 2.24) is 10.2 Å². The second-order valence-electron chi connectivity index (χ2n) is 14.1. The zero-order valence-corrected chi connectivity index (χ0v) is 30.6. The van der Waals surface area contributed by atoms with Crippen molar-refractivity contribution in [1.29, 1.82) is 0 Å². The molecule has 11 atom stereocenters. The van der Waals surface area contributed by atoms with Gasteiger partial charge in [-0.05, 0) is 57.7 Å². The summed E-state index contributed by atoms with van der Waals surface area (Å²) in [5.74, 6) is -1.54. The lowest BCUT2D eigenvalue weighted by atomic mass is 9.88. The molecule has 2 fully saturated rings. The number of rotatable bonds is 11. The molecule has 1 amide bonds. The highest BCUT2D eigenvalue weighted by Crippen LogP contribution is 2.39. The lowest BCUT2D eigenvalue weighted by Crippen LogP contribution is -2.42. The van der Waals surface area contributed by atoms with Gasteiger partial charge in [0.1, 0.15) is 30.0 Å². The Kier molecular flexibility index (Phi) is 15.8. The van der Waals surface area contributed by atoms with Crippen molar-refractivity contribution in [3.8, 4) is 0 Å². The minimum Gasteiger partial charge on any atom is -0.457 e. The summed E-state index contributed by atoms with van der Waals surface area (Å²) in [6.45, 7) is 15.5. The number of carbonyl (C=O) groups is 3. The summed E-state index contributed by atoms with van der Waals surface area (Å²) in [4.78, 5) is 39.7. The van der Waals surface area contributed by atoms with Crippen LogP contribution in [0.4, 0.5) is 4.79 Å². The van der Waals surface area contributed by atoms with E-state index in [4.69, 9.17) is 23.7 Å². The maximum atomic E-state index is 13.3. The standard InChI is InChI=1S/C37H60N2O10/c1-9-29(45-8)26(5)34-35(48-34)33(49-36(43)39-20-11-18-38-19-21-39)24(3)13-10-12-23(2)32-25(4)14-15-30(46-27(6)40)37(7,44)17-16-28(41)22-31(42)47-32/h10,12-15,24-26,28-30,32-35,38,41,44H,9,11,16-22H2,1-8H3/b13-10+,15-14+,23-12+. The van der Waals surface area contributed by atoms with Crippen molar-refractivity contribution in [2.45, 2.75) is 129 Å². The molecule has 0 aromatic rings. The van der Waals surface area contributed by atoms with Crippen LogP contribution in [-0.2, 0) is 33.3 Å². The first-order valence-electron chi connectivity index (χ1n) is 17.8. The van der Waals surface area contributed by atoms with Crippen LogP contribution < -0.4 is 5.32 Å². The third kappa shape index (κ3) is 12.2.